The van der Waals surface area contributed by atoms with Crippen LogP contribution in [0.3, 0.4) is 0 Å². The highest BCUT2D eigenvalue weighted by Gasteiger charge is 2.19. The summed E-state index contributed by atoms with van der Waals surface area (Å²) in [6.07, 6.45) is 0.997. The molecule has 1 aliphatic carbocycles. The van der Waals surface area contributed by atoms with Crippen LogP contribution in [0.25, 0.3) is 10.8 Å². The van der Waals surface area contributed by atoms with Crippen molar-refractivity contribution in [3.8, 4) is 0 Å². The summed E-state index contributed by atoms with van der Waals surface area (Å²) < 4.78 is 0. The normalized spacial score (nSPS) is 16.5. The predicted molar refractivity (Wildman–Crippen MR) is 67.9 cm³/mol. The third-order valence-corrected chi connectivity index (χ3v) is 2.86. The molecule has 0 heterocycles. The van der Waals surface area contributed by atoms with Crippen molar-refractivity contribution in [1.29, 1.82) is 0 Å². The van der Waals surface area contributed by atoms with Crippen LogP contribution < -0.4 is 5.73 Å². The van der Waals surface area contributed by atoms with Crippen molar-refractivity contribution in [2.75, 3.05) is 0 Å². The molecule has 0 aromatic heterocycles. The Morgan fingerprint density at radius 1 is 1.29 bits per heavy atom. The SMILES string of the molecule is CC(=O)O.N[C@@H]1Cc2cccc3cccc1c23. The topological polar surface area (TPSA) is 63.3 Å². The molecule has 1 atom stereocenters. The number of aliphatic carboxylic acids is 1. The number of hydrogen-bond donors (Lipinski definition) is 2. The van der Waals surface area contributed by atoms with Crippen molar-refractivity contribution in [1.82, 2.24) is 0 Å². The fourth-order valence-corrected chi connectivity index (χ4v) is 2.28. The lowest BCUT2D eigenvalue weighted by molar-refractivity contribution is -0.134. The van der Waals surface area contributed by atoms with E-state index in [4.69, 9.17) is 15.6 Å². The molecule has 0 spiro atoms. The van der Waals surface area contributed by atoms with Crippen LogP contribution in [-0.2, 0) is 11.2 Å². The van der Waals surface area contributed by atoms with E-state index >= 15 is 0 Å². The van der Waals surface area contributed by atoms with Gasteiger partial charge in [0.25, 0.3) is 5.97 Å². The van der Waals surface area contributed by atoms with Crippen LogP contribution >= 0.6 is 0 Å². The molecule has 0 bridgehead atoms. The van der Waals surface area contributed by atoms with Crippen molar-refractivity contribution in [3.05, 3.63) is 47.5 Å². The number of hydrogen-bond acceptors (Lipinski definition) is 2. The number of carboxylic acid groups (broad SMARTS) is 1. The second-order valence-corrected chi connectivity index (χ2v) is 4.19. The van der Waals surface area contributed by atoms with Crippen LogP contribution in [0.4, 0.5) is 0 Å². The largest absolute Gasteiger partial charge is 0.481 e. The van der Waals surface area contributed by atoms with E-state index in [9.17, 15) is 0 Å². The highest BCUT2D eigenvalue weighted by Crippen LogP contribution is 2.35. The Labute approximate surface area is 99.9 Å². The predicted octanol–water partition coefficient (Wildman–Crippen LogP) is 2.49. The van der Waals surface area contributed by atoms with Crippen molar-refractivity contribution in [2.24, 2.45) is 5.73 Å². The third kappa shape index (κ3) is 2.29. The van der Waals surface area contributed by atoms with E-state index in [2.05, 4.69) is 36.4 Å². The fraction of sp³-hybridized carbons (Fsp3) is 0.214. The molecule has 88 valence electrons. The van der Waals surface area contributed by atoms with E-state index in [1.54, 1.807) is 0 Å². The summed E-state index contributed by atoms with van der Waals surface area (Å²) >= 11 is 0. The monoisotopic (exact) mass is 229 g/mol. The lowest BCUT2D eigenvalue weighted by atomic mass is 10.1. The van der Waals surface area contributed by atoms with E-state index in [0.717, 1.165) is 13.3 Å². The second-order valence-electron chi connectivity index (χ2n) is 4.19. The summed E-state index contributed by atoms with van der Waals surface area (Å²) in [5, 5.41) is 10.1. The summed E-state index contributed by atoms with van der Waals surface area (Å²) in [4.78, 5) is 9.00. The van der Waals surface area contributed by atoms with E-state index in [1.165, 1.54) is 21.9 Å². The quantitative estimate of drug-likeness (QED) is 0.729. The lowest BCUT2D eigenvalue weighted by Gasteiger charge is -2.02. The van der Waals surface area contributed by atoms with Gasteiger partial charge in [-0.3, -0.25) is 4.79 Å². The van der Waals surface area contributed by atoms with E-state index in [-0.39, 0.29) is 6.04 Å². The average molecular weight is 229 g/mol. The molecule has 0 saturated carbocycles. The van der Waals surface area contributed by atoms with Gasteiger partial charge < -0.3 is 10.8 Å². The zero-order chi connectivity index (χ0) is 12.4. The van der Waals surface area contributed by atoms with Crippen LogP contribution in [-0.4, -0.2) is 11.1 Å². The van der Waals surface area contributed by atoms with Gasteiger partial charge in [-0.05, 0) is 28.3 Å². The van der Waals surface area contributed by atoms with Gasteiger partial charge in [-0.25, -0.2) is 0 Å². The van der Waals surface area contributed by atoms with Gasteiger partial charge in [-0.1, -0.05) is 36.4 Å². The minimum absolute atomic E-state index is 0.209. The lowest BCUT2D eigenvalue weighted by Crippen LogP contribution is -2.07. The van der Waals surface area contributed by atoms with E-state index in [1.807, 2.05) is 0 Å². The minimum Gasteiger partial charge on any atom is -0.481 e. The molecule has 0 radical (unpaired) electrons. The van der Waals surface area contributed by atoms with Gasteiger partial charge in [-0.2, -0.15) is 0 Å². The maximum atomic E-state index is 9.00. The number of benzene rings is 2. The van der Waals surface area contributed by atoms with Gasteiger partial charge in [0.2, 0.25) is 0 Å². The summed E-state index contributed by atoms with van der Waals surface area (Å²) in [6, 6.07) is 13.0. The minimum atomic E-state index is -0.833. The van der Waals surface area contributed by atoms with Gasteiger partial charge >= 0.3 is 0 Å². The van der Waals surface area contributed by atoms with Crippen molar-refractivity contribution < 1.29 is 9.90 Å². The number of carboxylic acids is 1. The van der Waals surface area contributed by atoms with Crippen LogP contribution in [0, 0.1) is 0 Å². The van der Waals surface area contributed by atoms with Gasteiger partial charge in [-0.15, -0.1) is 0 Å². The average Bonchev–Trinajstić information content (AvgIpc) is 2.58. The highest BCUT2D eigenvalue weighted by molar-refractivity contribution is 5.91. The van der Waals surface area contributed by atoms with E-state index in [0.29, 0.717) is 0 Å². The van der Waals surface area contributed by atoms with Crippen LogP contribution in [0.2, 0.25) is 0 Å². The Kier molecular flexibility index (Phi) is 3.11. The molecule has 0 unspecified atom stereocenters. The molecule has 0 aliphatic heterocycles. The summed E-state index contributed by atoms with van der Waals surface area (Å²) in [5.74, 6) is -0.833. The second kappa shape index (κ2) is 4.55. The van der Waals surface area contributed by atoms with Crippen LogP contribution in [0.1, 0.15) is 24.1 Å². The molecule has 3 nitrogen and oxygen atoms in total. The van der Waals surface area contributed by atoms with Crippen LogP contribution in [0.5, 0.6) is 0 Å². The molecule has 2 aromatic carbocycles. The Bertz CT molecular complexity index is 554. The molecule has 3 N–H and O–H groups in total. The van der Waals surface area contributed by atoms with E-state index < -0.39 is 5.97 Å². The van der Waals surface area contributed by atoms with Gasteiger partial charge in [0, 0.05) is 13.0 Å². The van der Waals surface area contributed by atoms with Gasteiger partial charge in [0.05, 0.1) is 0 Å². The summed E-state index contributed by atoms with van der Waals surface area (Å²) in [6.45, 7) is 1.08. The maximum Gasteiger partial charge on any atom is 0.300 e. The number of rotatable bonds is 0. The van der Waals surface area contributed by atoms with Crippen molar-refractivity contribution >= 4 is 16.7 Å². The standard InChI is InChI=1S/C12H11N.C2H4O2/c13-11-7-9-5-1-3-8-4-2-6-10(11)12(8)9;1-2(3)4/h1-6,11H,7,13H2;1H3,(H,3,4)/t11-;/m1./s1. The molecule has 0 saturated heterocycles. The molecular weight excluding hydrogens is 214 g/mol. The van der Waals surface area contributed by atoms with Crippen molar-refractivity contribution in [3.63, 3.8) is 0 Å². The first-order valence-corrected chi connectivity index (χ1v) is 5.55. The number of nitrogens with two attached hydrogens (primary N) is 1. The molecule has 0 amide bonds. The zero-order valence-electron chi connectivity index (χ0n) is 9.68. The smallest absolute Gasteiger partial charge is 0.300 e. The maximum absolute atomic E-state index is 9.00. The summed E-state index contributed by atoms with van der Waals surface area (Å²) in [7, 11) is 0. The molecular formula is C14H15NO2. The van der Waals surface area contributed by atoms with Gasteiger partial charge in [0.15, 0.2) is 0 Å². The van der Waals surface area contributed by atoms with Crippen molar-refractivity contribution in [2.45, 2.75) is 19.4 Å². The number of carbonyl (C=O) groups is 1. The first-order valence-electron chi connectivity index (χ1n) is 5.55. The zero-order valence-corrected chi connectivity index (χ0v) is 9.68. The van der Waals surface area contributed by atoms with Gasteiger partial charge in [0.1, 0.15) is 0 Å². The summed E-state index contributed by atoms with van der Waals surface area (Å²) in [5.41, 5.74) is 8.76. The molecule has 2 aromatic rings. The third-order valence-electron chi connectivity index (χ3n) is 2.86. The Hall–Kier alpha value is -1.87. The Morgan fingerprint density at radius 3 is 2.53 bits per heavy atom. The molecule has 0 fully saturated rings. The molecule has 3 rings (SSSR count). The first-order chi connectivity index (χ1) is 8.09. The molecule has 17 heavy (non-hydrogen) atoms. The Balaban J connectivity index is 0.000000239. The fourth-order valence-electron chi connectivity index (χ4n) is 2.28. The highest BCUT2D eigenvalue weighted by atomic mass is 16.4. The van der Waals surface area contributed by atoms with Crippen LogP contribution in [0.15, 0.2) is 36.4 Å². The Morgan fingerprint density at radius 2 is 1.88 bits per heavy atom. The molecule has 1 aliphatic rings. The first kappa shape index (κ1) is 11.6. The molecule has 3 heteroatoms.